The predicted molar refractivity (Wildman–Crippen MR) is 76.4 cm³/mol. The maximum absolute atomic E-state index is 12.0. The maximum Gasteiger partial charge on any atom is 0.251 e. The van der Waals surface area contributed by atoms with Gasteiger partial charge in [0, 0.05) is 29.9 Å². The van der Waals surface area contributed by atoms with Gasteiger partial charge in [-0.1, -0.05) is 6.07 Å². The summed E-state index contributed by atoms with van der Waals surface area (Å²) in [6.07, 6.45) is 6.04. The number of amides is 1. The normalized spacial score (nSPS) is 10.6. The molecule has 5 heteroatoms. The lowest BCUT2D eigenvalue weighted by Crippen LogP contribution is -2.25. The second kappa shape index (κ2) is 5.52. The van der Waals surface area contributed by atoms with Crippen LogP contribution in [0, 0.1) is 0 Å². The average Bonchev–Trinajstić information content (AvgIpc) is 2.95. The number of benzene rings is 1. The molecule has 0 aliphatic carbocycles. The number of aromatic nitrogens is 3. The van der Waals surface area contributed by atoms with Gasteiger partial charge in [0.05, 0.1) is 11.7 Å². The van der Waals surface area contributed by atoms with Crippen LogP contribution in [0.3, 0.4) is 0 Å². The van der Waals surface area contributed by atoms with Gasteiger partial charge in [-0.25, -0.2) is 0 Å². The maximum atomic E-state index is 12.0. The lowest BCUT2D eigenvalue weighted by Gasteiger charge is -2.05. The SMILES string of the molecule is O=C(NCCc1ccncc1)c1ccc2cn[nH]c2c1. The molecule has 0 unspecified atom stereocenters. The minimum absolute atomic E-state index is 0.0736. The summed E-state index contributed by atoms with van der Waals surface area (Å²) in [4.78, 5) is 16.0. The number of carbonyl (C=O) groups excluding carboxylic acids is 1. The first-order valence-corrected chi connectivity index (χ1v) is 6.43. The lowest BCUT2D eigenvalue weighted by molar-refractivity contribution is 0.0954. The second-order valence-electron chi connectivity index (χ2n) is 4.53. The molecule has 0 fully saturated rings. The lowest BCUT2D eigenvalue weighted by atomic mass is 10.1. The van der Waals surface area contributed by atoms with Crippen LogP contribution in [0.4, 0.5) is 0 Å². The van der Waals surface area contributed by atoms with E-state index in [-0.39, 0.29) is 5.91 Å². The topological polar surface area (TPSA) is 70.7 Å². The number of hydrogen-bond donors (Lipinski definition) is 2. The quantitative estimate of drug-likeness (QED) is 0.758. The molecule has 20 heavy (non-hydrogen) atoms. The molecule has 0 spiro atoms. The summed E-state index contributed by atoms with van der Waals surface area (Å²) < 4.78 is 0. The van der Waals surface area contributed by atoms with E-state index in [9.17, 15) is 4.79 Å². The van der Waals surface area contributed by atoms with E-state index in [1.54, 1.807) is 24.7 Å². The molecule has 3 aromatic rings. The van der Waals surface area contributed by atoms with E-state index in [0.717, 1.165) is 22.9 Å². The summed E-state index contributed by atoms with van der Waals surface area (Å²) in [6, 6.07) is 9.39. The van der Waals surface area contributed by atoms with Crippen LogP contribution >= 0.6 is 0 Å². The van der Waals surface area contributed by atoms with Gasteiger partial charge < -0.3 is 5.32 Å². The van der Waals surface area contributed by atoms with Crippen molar-refractivity contribution < 1.29 is 4.79 Å². The number of nitrogens with one attached hydrogen (secondary N) is 2. The molecule has 2 aromatic heterocycles. The van der Waals surface area contributed by atoms with E-state index in [4.69, 9.17) is 0 Å². The van der Waals surface area contributed by atoms with Crippen LogP contribution in [0.2, 0.25) is 0 Å². The fraction of sp³-hybridized carbons (Fsp3) is 0.133. The first-order chi connectivity index (χ1) is 9.83. The van der Waals surface area contributed by atoms with E-state index in [2.05, 4.69) is 20.5 Å². The molecule has 0 aliphatic heterocycles. The monoisotopic (exact) mass is 266 g/mol. The summed E-state index contributed by atoms with van der Waals surface area (Å²) >= 11 is 0. The van der Waals surface area contributed by atoms with Crippen molar-refractivity contribution in [1.82, 2.24) is 20.5 Å². The van der Waals surface area contributed by atoms with Crippen LogP contribution in [0.15, 0.2) is 48.9 Å². The molecule has 100 valence electrons. The van der Waals surface area contributed by atoms with E-state index >= 15 is 0 Å². The smallest absolute Gasteiger partial charge is 0.251 e. The van der Waals surface area contributed by atoms with Gasteiger partial charge in [-0.2, -0.15) is 5.10 Å². The Labute approximate surface area is 116 Å². The highest BCUT2D eigenvalue weighted by Gasteiger charge is 2.06. The van der Waals surface area contributed by atoms with Crippen molar-refractivity contribution in [1.29, 1.82) is 0 Å². The molecule has 1 aromatic carbocycles. The predicted octanol–water partition coefficient (Wildman–Crippen LogP) is 1.93. The Hall–Kier alpha value is -2.69. The van der Waals surface area contributed by atoms with Crippen molar-refractivity contribution in [3.8, 4) is 0 Å². The molecule has 0 saturated carbocycles. The Balaban J connectivity index is 1.61. The molecule has 2 heterocycles. The zero-order valence-corrected chi connectivity index (χ0v) is 10.8. The molecular formula is C15H14N4O. The molecule has 1 amide bonds. The van der Waals surface area contributed by atoms with Crippen LogP contribution in [0.5, 0.6) is 0 Å². The number of fused-ring (bicyclic) bond motifs is 1. The number of carbonyl (C=O) groups is 1. The summed E-state index contributed by atoms with van der Waals surface area (Å²) in [5.41, 5.74) is 2.66. The summed E-state index contributed by atoms with van der Waals surface area (Å²) in [7, 11) is 0. The molecular weight excluding hydrogens is 252 g/mol. The van der Waals surface area contributed by atoms with Crippen molar-refractivity contribution in [3.63, 3.8) is 0 Å². The Morgan fingerprint density at radius 3 is 2.90 bits per heavy atom. The molecule has 0 aliphatic rings. The van der Waals surface area contributed by atoms with Gasteiger partial charge in [-0.3, -0.25) is 14.9 Å². The average molecular weight is 266 g/mol. The Morgan fingerprint density at radius 1 is 1.20 bits per heavy atom. The molecule has 0 bridgehead atoms. The van der Waals surface area contributed by atoms with Crippen molar-refractivity contribution in [2.45, 2.75) is 6.42 Å². The zero-order chi connectivity index (χ0) is 13.8. The van der Waals surface area contributed by atoms with Gasteiger partial charge in [-0.05, 0) is 36.2 Å². The van der Waals surface area contributed by atoms with Crippen molar-refractivity contribution in [2.24, 2.45) is 0 Å². The number of hydrogen-bond acceptors (Lipinski definition) is 3. The number of H-pyrrole nitrogens is 1. The largest absolute Gasteiger partial charge is 0.352 e. The van der Waals surface area contributed by atoms with Crippen LogP contribution in [0.25, 0.3) is 10.9 Å². The summed E-state index contributed by atoms with van der Waals surface area (Å²) in [5, 5.41) is 10.7. The molecule has 5 nitrogen and oxygen atoms in total. The van der Waals surface area contributed by atoms with Gasteiger partial charge in [-0.15, -0.1) is 0 Å². The Morgan fingerprint density at radius 2 is 2.05 bits per heavy atom. The minimum Gasteiger partial charge on any atom is -0.352 e. The van der Waals surface area contributed by atoms with E-state index in [0.29, 0.717) is 12.1 Å². The van der Waals surface area contributed by atoms with Crippen molar-refractivity contribution >= 4 is 16.8 Å². The Bertz CT molecular complexity index is 721. The van der Waals surface area contributed by atoms with Gasteiger partial charge in [0.15, 0.2) is 0 Å². The highest BCUT2D eigenvalue weighted by Crippen LogP contribution is 2.12. The number of aromatic amines is 1. The third-order valence-electron chi connectivity index (χ3n) is 3.15. The van der Waals surface area contributed by atoms with Crippen LogP contribution in [-0.2, 0) is 6.42 Å². The molecule has 0 saturated heterocycles. The third kappa shape index (κ3) is 2.66. The highest BCUT2D eigenvalue weighted by molar-refractivity contribution is 5.97. The van der Waals surface area contributed by atoms with Gasteiger partial charge >= 0.3 is 0 Å². The first-order valence-electron chi connectivity index (χ1n) is 6.43. The third-order valence-corrected chi connectivity index (χ3v) is 3.15. The number of pyridine rings is 1. The van der Waals surface area contributed by atoms with E-state index < -0.39 is 0 Å². The number of rotatable bonds is 4. The molecule has 3 rings (SSSR count). The van der Waals surface area contributed by atoms with Crippen LogP contribution < -0.4 is 5.32 Å². The standard InChI is InChI=1S/C15H14N4O/c20-15(17-8-5-11-3-6-16-7-4-11)12-1-2-13-10-18-19-14(13)9-12/h1-4,6-7,9-10H,5,8H2,(H,17,20)(H,18,19). The van der Waals surface area contributed by atoms with Crippen LogP contribution in [-0.4, -0.2) is 27.6 Å². The zero-order valence-electron chi connectivity index (χ0n) is 10.8. The van der Waals surface area contributed by atoms with E-state index in [1.807, 2.05) is 24.3 Å². The van der Waals surface area contributed by atoms with Gasteiger partial charge in [0.25, 0.3) is 5.91 Å². The summed E-state index contributed by atoms with van der Waals surface area (Å²) in [5.74, 6) is -0.0736. The summed E-state index contributed by atoms with van der Waals surface area (Å²) in [6.45, 7) is 0.601. The van der Waals surface area contributed by atoms with Gasteiger partial charge in [0.1, 0.15) is 0 Å². The first kappa shape index (κ1) is 12.3. The fourth-order valence-electron chi connectivity index (χ4n) is 2.05. The Kier molecular flexibility index (Phi) is 3.41. The highest BCUT2D eigenvalue weighted by atomic mass is 16.1. The van der Waals surface area contributed by atoms with Crippen molar-refractivity contribution in [2.75, 3.05) is 6.54 Å². The van der Waals surface area contributed by atoms with Gasteiger partial charge in [0.2, 0.25) is 0 Å². The minimum atomic E-state index is -0.0736. The number of nitrogens with zero attached hydrogens (tertiary/aromatic N) is 2. The molecule has 0 radical (unpaired) electrons. The molecule has 0 atom stereocenters. The van der Waals surface area contributed by atoms with Crippen LogP contribution in [0.1, 0.15) is 15.9 Å². The second-order valence-corrected chi connectivity index (χ2v) is 4.53. The molecule has 2 N–H and O–H groups in total. The van der Waals surface area contributed by atoms with E-state index in [1.165, 1.54) is 0 Å². The fourth-order valence-corrected chi connectivity index (χ4v) is 2.05. The van der Waals surface area contributed by atoms with Crippen molar-refractivity contribution in [3.05, 3.63) is 60.0 Å².